The second kappa shape index (κ2) is 9.55. The third kappa shape index (κ3) is 4.59. The topological polar surface area (TPSA) is 112 Å². The molecule has 8 nitrogen and oxygen atoms in total. The van der Waals surface area contributed by atoms with Crippen molar-refractivity contribution in [3.8, 4) is 0 Å². The van der Waals surface area contributed by atoms with Crippen molar-refractivity contribution in [1.82, 2.24) is 15.5 Å². The molecular formula is C19H17BrF3N4O4S-. The number of nitrogens with zero attached hydrogens (tertiary/aromatic N) is 3. The van der Waals surface area contributed by atoms with Gasteiger partial charge in [-0.1, -0.05) is 11.8 Å². The lowest BCUT2D eigenvalue weighted by molar-refractivity contribution is -0.187. The lowest BCUT2D eigenvalue weighted by atomic mass is 9.97. The second-order valence-electron chi connectivity index (χ2n) is 7.04. The number of nitrogens with one attached hydrogen (secondary N) is 1. The molecule has 0 bridgehead atoms. The molecule has 32 heavy (non-hydrogen) atoms. The highest BCUT2D eigenvalue weighted by Crippen LogP contribution is 2.37. The molecule has 5 atom stereocenters. The van der Waals surface area contributed by atoms with Crippen LogP contribution in [0.3, 0.4) is 0 Å². The van der Waals surface area contributed by atoms with Crippen LogP contribution in [0.5, 0.6) is 0 Å². The van der Waals surface area contributed by atoms with Crippen LogP contribution in [-0.2, 0) is 4.74 Å². The van der Waals surface area contributed by atoms with E-state index < -0.39 is 53.8 Å². The number of thioether (sulfide) groups is 1. The molecule has 172 valence electrons. The molecule has 1 aromatic heterocycles. The van der Waals surface area contributed by atoms with Gasteiger partial charge in [0.2, 0.25) is 0 Å². The van der Waals surface area contributed by atoms with E-state index in [0.717, 1.165) is 28.4 Å². The van der Waals surface area contributed by atoms with E-state index in [4.69, 9.17) is 4.74 Å². The highest BCUT2D eigenvalue weighted by molar-refractivity contribution is 9.10. The number of hydrazine groups is 1. The minimum absolute atomic E-state index is 0.0442. The summed E-state index contributed by atoms with van der Waals surface area (Å²) in [6.07, 6.45) is 0.823. The monoisotopic (exact) mass is 533 g/mol. The minimum atomic E-state index is -1.60. The van der Waals surface area contributed by atoms with Gasteiger partial charge < -0.3 is 36.0 Å². The molecule has 1 saturated heterocycles. The molecule has 2 aliphatic rings. The number of aliphatic hydroxyl groups is 3. The van der Waals surface area contributed by atoms with Gasteiger partial charge in [0.15, 0.2) is 17.5 Å². The molecule has 3 heterocycles. The Kier molecular flexibility index (Phi) is 6.95. The largest absolute Gasteiger partial charge is 0.602 e. The standard InChI is InChI=1S/C19H17BrF3N4O4S/c20-9-3-10(5-24-4-9)32-19-18(30)16(17(29)14(7-28)31-19)27-6-13(25-26-27)8-1-11(21)15(23)12(22)2-8/h1-6,14,16-19,26,28-30H,7H2/q-1/t14?,16?,17-,18?,19+/m0/s1. The quantitative estimate of drug-likeness (QED) is 0.433. The van der Waals surface area contributed by atoms with Gasteiger partial charge in [-0.2, -0.15) is 0 Å². The summed E-state index contributed by atoms with van der Waals surface area (Å²) < 4.78 is 46.8. The molecule has 4 N–H and O–H groups in total. The lowest BCUT2D eigenvalue weighted by Crippen LogP contribution is -2.64. The van der Waals surface area contributed by atoms with Crippen molar-refractivity contribution in [2.75, 3.05) is 6.61 Å². The zero-order valence-electron chi connectivity index (χ0n) is 16.1. The Morgan fingerprint density at radius 2 is 1.88 bits per heavy atom. The molecule has 0 amide bonds. The van der Waals surface area contributed by atoms with Crippen LogP contribution in [0.25, 0.3) is 11.1 Å². The second-order valence-corrected chi connectivity index (χ2v) is 9.13. The average Bonchev–Trinajstić information content (AvgIpc) is 3.23. The molecule has 4 rings (SSSR count). The number of hydrogen-bond acceptors (Lipinski definition) is 8. The van der Waals surface area contributed by atoms with E-state index >= 15 is 0 Å². The highest BCUT2D eigenvalue weighted by Gasteiger charge is 2.47. The van der Waals surface area contributed by atoms with Crippen LogP contribution in [0.4, 0.5) is 13.2 Å². The number of halogens is 4. The van der Waals surface area contributed by atoms with E-state index in [1.807, 2.05) is 0 Å². The normalized spacial score (nSPS) is 27.9. The van der Waals surface area contributed by atoms with E-state index in [9.17, 15) is 28.5 Å². The van der Waals surface area contributed by atoms with Crippen LogP contribution in [0.15, 0.2) is 46.2 Å². The molecule has 0 spiro atoms. The van der Waals surface area contributed by atoms with Gasteiger partial charge in [0.25, 0.3) is 0 Å². The van der Waals surface area contributed by atoms with E-state index in [-0.39, 0.29) is 11.3 Å². The molecule has 1 aromatic carbocycles. The van der Waals surface area contributed by atoms with Crippen molar-refractivity contribution in [3.63, 3.8) is 0 Å². The molecule has 0 saturated carbocycles. The first kappa shape index (κ1) is 23.3. The Hall–Kier alpha value is -1.87. The van der Waals surface area contributed by atoms with Crippen molar-refractivity contribution in [2.45, 2.75) is 34.7 Å². The molecular weight excluding hydrogens is 517 g/mol. The summed E-state index contributed by atoms with van der Waals surface area (Å²) >= 11 is 4.45. The number of aliphatic hydroxyl groups excluding tert-OH is 3. The molecule has 0 radical (unpaired) electrons. The van der Waals surface area contributed by atoms with Crippen LogP contribution in [0.1, 0.15) is 5.56 Å². The van der Waals surface area contributed by atoms with Gasteiger partial charge >= 0.3 is 0 Å². The first-order chi connectivity index (χ1) is 15.3. The maximum Gasteiger partial charge on any atom is 0.194 e. The van der Waals surface area contributed by atoms with Gasteiger partial charge in [-0.15, -0.1) is 5.70 Å². The average molecular weight is 534 g/mol. The summed E-state index contributed by atoms with van der Waals surface area (Å²) in [7, 11) is 0. The van der Waals surface area contributed by atoms with Gasteiger partial charge in [0, 0.05) is 28.0 Å². The number of benzene rings is 1. The third-order valence-electron chi connectivity index (χ3n) is 4.93. The molecule has 0 aliphatic carbocycles. The molecule has 1 fully saturated rings. The van der Waals surface area contributed by atoms with Crippen LogP contribution in [0, 0.1) is 17.5 Å². The molecule has 13 heteroatoms. The van der Waals surface area contributed by atoms with E-state index in [1.165, 1.54) is 11.2 Å². The fourth-order valence-corrected chi connectivity index (χ4v) is 4.98. The third-order valence-corrected chi connectivity index (χ3v) is 6.48. The summed E-state index contributed by atoms with van der Waals surface area (Å²) in [6.45, 7) is -0.520. The number of pyridine rings is 1. The Balaban J connectivity index is 1.59. The number of rotatable bonds is 5. The molecule has 3 unspecified atom stereocenters. The Morgan fingerprint density at radius 1 is 1.16 bits per heavy atom. The summed E-state index contributed by atoms with van der Waals surface area (Å²) in [5.41, 5.74) is 5.63. The maximum atomic E-state index is 13.6. The van der Waals surface area contributed by atoms with Gasteiger partial charge in [0.1, 0.15) is 29.8 Å². The minimum Gasteiger partial charge on any atom is -0.602 e. The number of hydrogen-bond donors (Lipinski definition) is 4. The Bertz CT molecular complexity index is 1010. The summed E-state index contributed by atoms with van der Waals surface area (Å²) in [5, 5.41) is 32.5. The van der Waals surface area contributed by atoms with Crippen LogP contribution < -0.4 is 5.53 Å². The summed E-state index contributed by atoms with van der Waals surface area (Å²) in [6, 6.07) is 2.28. The first-order valence-electron chi connectivity index (χ1n) is 9.29. The number of aromatic nitrogens is 1. The first-order valence-corrected chi connectivity index (χ1v) is 11.0. The summed E-state index contributed by atoms with van der Waals surface area (Å²) in [5.74, 6) is -4.35. The van der Waals surface area contributed by atoms with Crippen LogP contribution >= 0.6 is 27.7 Å². The molecule has 2 aromatic rings. The fraction of sp³-hybridized carbons (Fsp3) is 0.316. The van der Waals surface area contributed by atoms with Gasteiger partial charge in [-0.05, 0) is 39.7 Å². The predicted octanol–water partition coefficient (Wildman–Crippen LogP) is 2.27. The summed E-state index contributed by atoms with van der Waals surface area (Å²) in [4.78, 5) is 4.72. The van der Waals surface area contributed by atoms with E-state index in [1.54, 1.807) is 18.5 Å². The zero-order valence-corrected chi connectivity index (χ0v) is 18.5. The van der Waals surface area contributed by atoms with Crippen molar-refractivity contribution >= 4 is 33.4 Å². The van der Waals surface area contributed by atoms with Crippen molar-refractivity contribution in [2.24, 2.45) is 0 Å². The molecule has 2 aliphatic heterocycles. The maximum absolute atomic E-state index is 13.6. The fourth-order valence-electron chi connectivity index (χ4n) is 3.38. The van der Waals surface area contributed by atoms with Gasteiger partial charge in [-0.25, -0.2) is 13.2 Å². The van der Waals surface area contributed by atoms with E-state index in [2.05, 4.69) is 31.9 Å². The van der Waals surface area contributed by atoms with Crippen LogP contribution in [0.2, 0.25) is 0 Å². The highest BCUT2D eigenvalue weighted by atomic mass is 79.9. The Labute approximate surface area is 193 Å². The van der Waals surface area contributed by atoms with Gasteiger partial charge in [-0.3, -0.25) is 4.98 Å². The smallest absolute Gasteiger partial charge is 0.194 e. The van der Waals surface area contributed by atoms with Gasteiger partial charge in [0.05, 0.1) is 6.61 Å². The van der Waals surface area contributed by atoms with E-state index in [0.29, 0.717) is 4.90 Å². The number of ether oxygens (including phenoxy) is 1. The zero-order chi connectivity index (χ0) is 23.0. The van der Waals surface area contributed by atoms with Crippen molar-refractivity contribution in [1.29, 1.82) is 0 Å². The van der Waals surface area contributed by atoms with Crippen molar-refractivity contribution < 1.29 is 33.2 Å². The lowest BCUT2D eigenvalue weighted by Gasteiger charge is -2.46. The predicted molar refractivity (Wildman–Crippen MR) is 112 cm³/mol. The SMILES string of the molecule is OCC1O[C@H](Sc2cncc(Br)c2)C(O)C(N2C=C(c3cc(F)c(F)c(F)c3)[N-]N2)[C@H]1O. The Morgan fingerprint density at radius 3 is 2.53 bits per heavy atom. The van der Waals surface area contributed by atoms with Crippen LogP contribution in [-0.4, -0.2) is 61.7 Å². The van der Waals surface area contributed by atoms with Crippen molar-refractivity contribution in [3.05, 3.63) is 69.7 Å².